The van der Waals surface area contributed by atoms with Crippen LogP contribution in [0, 0.1) is 6.92 Å². The van der Waals surface area contributed by atoms with Crippen LogP contribution in [0.25, 0.3) is 10.9 Å². The van der Waals surface area contributed by atoms with E-state index in [1.54, 1.807) is 0 Å². The molecule has 0 saturated carbocycles. The van der Waals surface area contributed by atoms with Crippen LogP contribution in [0.2, 0.25) is 0 Å². The van der Waals surface area contributed by atoms with Crippen molar-refractivity contribution in [2.75, 3.05) is 7.05 Å². The van der Waals surface area contributed by atoms with Crippen molar-refractivity contribution < 1.29 is 0 Å². The van der Waals surface area contributed by atoms with Crippen LogP contribution in [0.1, 0.15) is 28.8 Å². The summed E-state index contributed by atoms with van der Waals surface area (Å²) in [5.74, 6) is 0. The molecule has 0 aliphatic heterocycles. The monoisotopic (exact) mass is 226 g/mol. The Bertz CT molecular complexity index is 573. The van der Waals surface area contributed by atoms with Gasteiger partial charge in [0, 0.05) is 17.6 Å². The lowest BCUT2D eigenvalue weighted by molar-refractivity contribution is 0.809. The molecule has 1 aromatic carbocycles. The number of para-hydroxylation sites is 1. The molecule has 0 amide bonds. The van der Waals surface area contributed by atoms with Crippen LogP contribution in [0.4, 0.5) is 0 Å². The van der Waals surface area contributed by atoms with Gasteiger partial charge in [0.25, 0.3) is 0 Å². The third-order valence-corrected chi connectivity index (χ3v) is 3.72. The van der Waals surface area contributed by atoms with Gasteiger partial charge in [0.15, 0.2) is 0 Å². The standard InChI is InChI=1S/C15H18N2/c1-10-5-3-7-12-13(9-16-2)11-6-4-8-14(11)17-15(10)12/h3,5,7,16H,4,6,8-9H2,1-2H3. The number of hydrogen-bond donors (Lipinski definition) is 1. The Hall–Kier alpha value is -1.41. The third-order valence-electron chi connectivity index (χ3n) is 3.72. The molecule has 1 aliphatic rings. The van der Waals surface area contributed by atoms with Gasteiger partial charge < -0.3 is 5.32 Å². The quantitative estimate of drug-likeness (QED) is 0.851. The number of fused-ring (bicyclic) bond motifs is 2. The van der Waals surface area contributed by atoms with Crippen LogP contribution in [-0.2, 0) is 19.4 Å². The van der Waals surface area contributed by atoms with E-state index in [1.807, 2.05) is 7.05 Å². The lowest BCUT2D eigenvalue weighted by atomic mass is 9.99. The Balaban J connectivity index is 2.36. The van der Waals surface area contributed by atoms with Gasteiger partial charge in [-0.1, -0.05) is 18.2 Å². The number of pyridine rings is 1. The highest BCUT2D eigenvalue weighted by molar-refractivity contribution is 5.86. The number of aromatic nitrogens is 1. The fraction of sp³-hybridized carbons (Fsp3) is 0.400. The van der Waals surface area contributed by atoms with Crippen LogP contribution in [-0.4, -0.2) is 12.0 Å². The molecule has 1 aliphatic carbocycles. The molecule has 1 N–H and O–H groups in total. The largest absolute Gasteiger partial charge is 0.316 e. The number of hydrogen-bond acceptors (Lipinski definition) is 2. The van der Waals surface area contributed by atoms with E-state index >= 15 is 0 Å². The summed E-state index contributed by atoms with van der Waals surface area (Å²) in [4.78, 5) is 4.87. The lowest BCUT2D eigenvalue weighted by Gasteiger charge is -2.13. The highest BCUT2D eigenvalue weighted by atomic mass is 14.8. The minimum Gasteiger partial charge on any atom is -0.316 e. The first kappa shape index (κ1) is 10.7. The Morgan fingerprint density at radius 2 is 2.18 bits per heavy atom. The predicted molar refractivity (Wildman–Crippen MR) is 71.3 cm³/mol. The molecule has 0 radical (unpaired) electrons. The number of aryl methyl sites for hydroxylation is 2. The van der Waals surface area contributed by atoms with E-state index < -0.39 is 0 Å². The van der Waals surface area contributed by atoms with Gasteiger partial charge in [-0.05, 0) is 49.9 Å². The molecule has 0 spiro atoms. The smallest absolute Gasteiger partial charge is 0.0737 e. The maximum absolute atomic E-state index is 4.87. The highest BCUT2D eigenvalue weighted by Crippen LogP contribution is 2.30. The van der Waals surface area contributed by atoms with Crippen LogP contribution >= 0.6 is 0 Å². The Labute approximate surface area is 102 Å². The molecule has 0 atom stereocenters. The summed E-state index contributed by atoms with van der Waals surface area (Å²) in [7, 11) is 2.02. The van der Waals surface area contributed by atoms with Crippen molar-refractivity contribution in [3.05, 3.63) is 40.6 Å². The molecule has 0 unspecified atom stereocenters. The van der Waals surface area contributed by atoms with Crippen molar-refractivity contribution >= 4 is 10.9 Å². The first-order chi connectivity index (χ1) is 8.31. The van der Waals surface area contributed by atoms with Crippen molar-refractivity contribution in [3.63, 3.8) is 0 Å². The van der Waals surface area contributed by atoms with Crippen LogP contribution in [0.5, 0.6) is 0 Å². The van der Waals surface area contributed by atoms with E-state index in [0.29, 0.717) is 0 Å². The molecule has 2 heteroatoms. The molecule has 3 rings (SSSR count). The molecule has 1 aromatic heterocycles. The molecule has 88 valence electrons. The molecule has 2 nitrogen and oxygen atoms in total. The summed E-state index contributed by atoms with van der Waals surface area (Å²) in [6, 6.07) is 6.50. The van der Waals surface area contributed by atoms with E-state index in [0.717, 1.165) is 13.0 Å². The van der Waals surface area contributed by atoms with Crippen molar-refractivity contribution in [2.45, 2.75) is 32.7 Å². The first-order valence-electron chi connectivity index (χ1n) is 6.36. The van der Waals surface area contributed by atoms with E-state index in [9.17, 15) is 0 Å². The maximum Gasteiger partial charge on any atom is 0.0737 e. The van der Waals surface area contributed by atoms with Crippen molar-refractivity contribution in [3.8, 4) is 0 Å². The Morgan fingerprint density at radius 3 is 3.00 bits per heavy atom. The molecular formula is C15H18N2. The predicted octanol–water partition coefficient (Wildman–Crippen LogP) is 2.75. The zero-order chi connectivity index (χ0) is 11.8. The maximum atomic E-state index is 4.87. The van der Waals surface area contributed by atoms with Gasteiger partial charge in [0.1, 0.15) is 0 Å². The SMILES string of the molecule is CNCc1c2c(nc3c(C)cccc13)CCC2. The fourth-order valence-corrected chi connectivity index (χ4v) is 2.90. The van der Waals surface area contributed by atoms with Gasteiger partial charge in [0.05, 0.1) is 5.52 Å². The van der Waals surface area contributed by atoms with Gasteiger partial charge in [-0.3, -0.25) is 4.98 Å². The van der Waals surface area contributed by atoms with Crippen molar-refractivity contribution in [1.82, 2.24) is 10.3 Å². The Morgan fingerprint density at radius 1 is 1.29 bits per heavy atom. The fourth-order valence-electron chi connectivity index (χ4n) is 2.90. The van der Waals surface area contributed by atoms with Crippen LogP contribution in [0.15, 0.2) is 18.2 Å². The van der Waals surface area contributed by atoms with Gasteiger partial charge in [0.2, 0.25) is 0 Å². The second-order valence-corrected chi connectivity index (χ2v) is 4.87. The normalized spacial score (nSPS) is 14.2. The summed E-state index contributed by atoms with van der Waals surface area (Å²) in [6.07, 6.45) is 3.61. The topological polar surface area (TPSA) is 24.9 Å². The molecular weight excluding hydrogens is 208 g/mol. The first-order valence-corrected chi connectivity index (χ1v) is 6.36. The highest BCUT2D eigenvalue weighted by Gasteiger charge is 2.19. The molecule has 2 aromatic rings. The minimum absolute atomic E-state index is 0.949. The number of nitrogens with one attached hydrogen (secondary N) is 1. The zero-order valence-corrected chi connectivity index (χ0v) is 10.5. The second-order valence-electron chi connectivity index (χ2n) is 4.87. The van der Waals surface area contributed by atoms with E-state index in [-0.39, 0.29) is 0 Å². The van der Waals surface area contributed by atoms with E-state index in [4.69, 9.17) is 4.98 Å². The summed E-state index contributed by atoms with van der Waals surface area (Å²) in [5, 5.41) is 4.63. The molecule has 1 heterocycles. The minimum atomic E-state index is 0.949. The van der Waals surface area contributed by atoms with Crippen LogP contribution in [0.3, 0.4) is 0 Å². The average Bonchev–Trinajstić information content (AvgIpc) is 2.78. The van der Waals surface area contributed by atoms with Crippen LogP contribution < -0.4 is 5.32 Å². The van der Waals surface area contributed by atoms with Crippen molar-refractivity contribution in [2.24, 2.45) is 0 Å². The summed E-state index contributed by atoms with van der Waals surface area (Å²) < 4.78 is 0. The number of nitrogens with zero attached hydrogens (tertiary/aromatic N) is 1. The zero-order valence-electron chi connectivity index (χ0n) is 10.5. The summed E-state index contributed by atoms with van der Waals surface area (Å²) >= 11 is 0. The number of benzene rings is 1. The van der Waals surface area contributed by atoms with Gasteiger partial charge in [-0.15, -0.1) is 0 Å². The Kier molecular flexibility index (Phi) is 2.60. The van der Waals surface area contributed by atoms with Gasteiger partial charge in [-0.25, -0.2) is 0 Å². The van der Waals surface area contributed by atoms with Crippen molar-refractivity contribution in [1.29, 1.82) is 0 Å². The van der Waals surface area contributed by atoms with E-state index in [1.165, 1.54) is 46.1 Å². The molecule has 0 saturated heterocycles. The third kappa shape index (κ3) is 1.64. The molecule has 17 heavy (non-hydrogen) atoms. The molecule has 0 bridgehead atoms. The summed E-state index contributed by atoms with van der Waals surface area (Å²) in [5.41, 5.74) is 6.77. The summed E-state index contributed by atoms with van der Waals surface area (Å²) in [6.45, 7) is 3.10. The number of rotatable bonds is 2. The van der Waals surface area contributed by atoms with E-state index in [2.05, 4.69) is 30.4 Å². The van der Waals surface area contributed by atoms with Gasteiger partial charge in [-0.2, -0.15) is 0 Å². The average molecular weight is 226 g/mol. The lowest BCUT2D eigenvalue weighted by Crippen LogP contribution is -2.09. The molecule has 0 fully saturated rings. The van der Waals surface area contributed by atoms with Gasteiger partial charge >= 0.3 is 0 Å². The second kappa shape index (κ2) is 4.11.